The number of hydrogen-bond donors (Lipinski definition) is 1. The Morgan fingerprint density at radius 2 is 2.09 bits per heavy atom. The Balaban J connectivity index is 1.63. The minimum atomic E-state index is -1.11. The highest BCUT2D eigenvalue weighted by atomic mass is 79.9. The van der Waals surface area contributed by atoms with E-state index in [-0.39, 0.29) is 6.61 Å². The fraction of sp³-hybridized carbons (Fsp3) is 0.167. The predicted molar refractivity (Wildman–Crippen MR) is 133 cm³/mol. The van der Waals surface area contributed by atoms with E-state index in [0.29, 0.717) is 34.5 Å². The lowest BCUT2D eigenvalue weighted by atomic mass is 10.2. The number of nitrogens with zero attached hydrogens (tertiary/aromatic N) is 3. The van der Waals surface area contributed by atoms with Gasteiger partial charge in [0, 0.05) is 18.0 Å². The van der Waals surface area contributed by atoms with E-state index < -0.39 is 11.9 Å². The van der Waals surface area contributed by atoms with E-state index in [4.69, 9.17) is 27.6 Å². The van der Waals surface area contributed by atoms with E-state index in [9.17, 15) is 4.79 Å². The summed E-state index contributed by atoms with van der Waals surface area (Å²) in [6, 6.07) is 14.6. The van der Waals surface area contributed by atoms with Gasteiger partial charge in [-0.15, -0.1) is 0 Å². The summed E-state index contributed by atoms with van der Waals surface area (Å²) in [6.07, 6.45) is 2.98. The van der Waals surface area contributed by atoms with Crippen LogP contribution in [0.5, 0.6) is 11.5 Å². The summed E-state index contributed by atoms with van der Waals surface area (Å²) in [6.45, 7) is 10.0. The van der Waals surface area contributed by atoms with Crippen LogP contribution in [0.15, 0.2) is 70.3 Å². The zero-order valence-electron chi connectivity index (χ0n) is 17.7. The number of benzene rings is 2. The van der Waals surface area contributed by atoms with Gasteiger partial charge in [-0.2, -0.15) is 0 Å². The second-order valence-electron chi connectivity index (χ2n) is 6.64. The van der Waals surface area contributed by atoms with Gasteiger partial charge < -0.3 is 14.8 Å². The molecule has 168 valence electrons. The van der Waals surface area contributed by atoms with Crippen molar-refractivity contribution in [1.82, 2.24) is 4.98 Å². The van der Waals surface area contributed by atoms with Crippen molar-refractivity contribution in [2.75, 3.05) is 11.9 Å². The van der Waals surface area contributed by atoms with Crippen LogP contribution in [0, 0.1) is 6.57 Å². The summed E-state index contributed by atoms with van der Waals surface area (Å²) in [7, 11) is 0. The molecule has 1 amide bonds. The number of aromatic nitrogens is 1. The molecule has 0 saturated carbocycles. The number of ether oxygens (including phenoxy) is 2. The lowest BCUT2D eigenvalue weighted by Crippen LogP contribution is -2.26. The van der Waals surface area contributed by atoms with Crippen molar-refractivity contribution < 1.29 is 14.3 Å². The van der Waals surface area contributed by atoms with Crippen molar-refractivity contribution in [2.45, 2.75) is 19.6 Å². The molecule has 1 N–H and O–H groups in total. The van der Waals surface area contributed by atoms with Gasteiger partial charge >= 0.3 is 11.9 Å². The average Bonchev–Trinajstić information content (AvgIpc) is 2.82. The Morgan fingerprint density at radius 1 is 1.24 bits per heavy atom. The number of aliphatic imine (C=N–C) groups is 1. The third kappa shape index (κ3) is 7.04. The van der Waals surface area contributed by atoms with Crippen LogP contribution in [0.1, 0.15) is 12.6 Å². The number of rotatable bonds is 9. The number of halogens is 2. The molecule has 0 aliphatic carbocycles. The highest BCUT2D eigenvalue weighted by Gasteiger charge is 2.21. The third-order valence-electron chi connectivity index (χ3n) is 4.29. The molecule has 33 heavy (non-hydrogen) atoms. The van der Waals surface area contributed by atoms with Crippen LogP contribution in [0.3, 0.4) is 0 Å². The van der Waals surface area contributed by atoms with Gasteiger partial charge in [-0.05, 0) is 65.3 Å². The minimum Gasteiger partial charge on any atom is -0.493 e. The van der Waals surface area contributed by atoms with Gasteiger partial charge in [-0.3, -0.25) is 19.6 Å². The molecule has 0 radical (unpaired) electrons. The lowest BCUT2D eigenvalue weighted by Gasteiger charge is -2.10. The predicted octanol–water partition coefficient (Wildman–Crippen LogP) is 6.10. The molecular weight excluding hydrogens is 508 g/mol. The minimum absolute atomic E-state index is 0.267. The summed E-state index contributed by atoms with van der Waals surface area (Å²) < 4.78 is 12.0. The number of nitrogens with one attached hydrogen (secondary N) is 1. The maximum atomic E-state index is 12.6. The number of pyridine rings is 1. The molecule has 0 fully saturated rings. The van der Waals surface area contributed by atoms with Crippen LogP contribution >= 0.6 is 27.5 Å². The molecule has 1 atom stereocenters. The maximum absolute atomic E-state index is 12.6. The second kappa shape index (κ2) is 12.0. The van der Waals surface area contributed by atoms with E-state index in [2.05, 4.69) is 36.1 Å². The second-order valence-corrected chi connectivity index (χ2v) is 7.91. The van der Waals surface area contributed by atoms with Crippen LogP contribution in [-0.2, 0) is 11.4 Å². The standard InChI is InChI=1S/C24H20BrClN4O3/c1-3-32-23-13-16(7-9-19(23)25)29-14-21(27-2)24(31)30-17-8-10-22(20(26)12-17)33-15-18-6-4-5-11-28-18/h4-14,21H,3,15H2,1H3,(H,30,31). The van der Waals surface area contributed by atoms with Crippen molar-refractivity contribution in [3.63, 3.8) is 0 Å². The molecule has 7 nitrogen and oxygen atoms in total. The molecule has 0 aliphatic heterocycles. The van der Waals surface area contributed by atoms with Gasteiger partial charge in [0.2, 0.25) is 0 Å². The van der Waals surface area contributed by atoms with Crippen molar-refractivity contribution in [1.29, 1.82) is 0 Å². The topological polar surface area (TPSA) is 77.2 Å². The number of carbonyl (C=O) groups excluding carboxylic acids is 1. The number of anilines is 1. The van der Waals surface area contributed by atoms with Crippen molar-refractivity contribution in [2.24, 2.45) is 4.99 Å². The van der Waals surface area contributed by atoms with Gasteiger partial charge in [0.05, 0.1) is 33.7 Å². The van der Waals surface area contributed by atoms with E-state index in [0.717, 1.165) is 10.2 Å². The first-order valence-corrected chi connectivity index (χ1v) is 11.1. The monoisotopic (exact) mass is 526 g/mol. The molecule has 0 aliphatic rings. The number of amides is 1. The first-order valence-electron chi connectivity index (χ1n) is 9.96. The maximum Gasteiger partial charge on any atom is 0.335 e. The molecule has 9 heteroatoms. The van der Waals surface area contributed by atoms with Gasteiger partial charge in [-0.1, -0.05) is 17.7 Å². The van der Waals surface area contributed by atoms with Crippen molar-refractivity contribution in [3.8, 4) is 11.5 Å². The smallest absolute Gasteiger partial charge is 0.335 e. The molecule has 0 spiro atoms. The van der Waals surface area contributed by atoms with Gasteiger partial charge in [0.15, 0.2) is 0 Å². The molecule has 0 saturated heterocycles. The number of hydrogen-bond acceptors (Lipinski definition) is 5. The van der Waals surface area contributed by atoms with Crippen LogP contribution in [0.2, 0.25) is 5.02 Å². The fourth-order valence-corrected chi connectivity index (χ4v) is 3.30. The molecule has 1 unspecified atom stereocenters. The van der Waals surface area contributed by atoms with Crippen molar-refractivity contribution in [3.05, 3.63) is 87.4 Å². The first kappa shape index (κ1) is 24.2. The number of carbonyl (C=O) groups is 1. The Hall–Kier alpha value is -3.41. The summed E-state index contributed by atoms with van der Waals surface area (Å²) >= 11 is 9.69. The van der Waals surface area contributed by atoms with E-state index in [1.165, 1.54) is 6.21 Å². The normalized spacial score (nSPS) is 11.6. The summed E-state index contributed by atoms with van der Waals surface area (Å²) in [5, 5.41) is 3.01. The third-order valence-corrected chi connectivity index (χ3v) is 5.24. The van der Waals surface area contributed by atoms with E-state index in [1.54, 1.807) is 42.6 Å². The van der Waals surface area contributed by atoms with Crippen LogP contribution in [-0.4, -0.2) is 29.8 Å². The van der Waals surface area contributed by atoms with E-state index in [1.807, 2.05) is 25.1 Å². The molecular formula is C24H20BrClN4O3. The first-order chi connectivity index (χ1) is 16.0. The van der Waals surface area contributed by atoms with Crippen LogP contribution in [0.4, 0.5) is 11.4 Å². The summed E-state index contributed by atoms with van der Waals surface area (Å²) in [5.41, 5.74) is 1.78. The molecule has 2 aromatic carbocycles. The Kier molecular flexibility index (Phi) is 8.81. The Labute approximate surface area is 205 Å². The van der Waals surface area contributed by atoms with Crippen LogP contribution < -0.4 is 14.8 Å². The summed E-state index contributed by atoms with van der Waals surface area (Å²) in [5.74, 6) is 0.578. The molecule has 3 rings (SSSR count). The average molecular weight is 528 g/mol. The fourth-order valence-electron chi connectivity index (χ4n) is 2.70. The Bertz CT molecular complexity index is 1180. The van der Waals surface area contributed by atoms with E-state index >= 15 is 0 Å². The summed E-state index contributed by atoms with van der Waals surface area (Å²) in [4.78, 5) is 24.4. The SMILES string of the molecule is [C-]#[N+]C(C=Nc1ccc(Br)c(OCC)c1)C(=O)Nc1ccc(OCc2ccccn2)c(Cl)c1. The lowest BCUT2D eigenvalue weighted by molar-refractivity contribution is -0.115. The zero-order chi connectivity index (χ0) is 23.6. The van der Waals surface area contributed by atoms with Gasteiger partial charge in [0.1, 0.15) is 18.1 Å². The van der Waals surface area contributed by atoms with Crippen LogP contribution in [0.25, 0.3) is 4.85 Å². The molecule has 0 bridgehead atoms. The molecule has 3 aromatic rings. The zero-order valence-corrected chi connectivity index (χ0v) is 20.0. The highest BCUT2D eigenvalue weighted by Crippen LogP contribution is 2.30. The van der Waals surface area contributed by atoms with Gasteiger partial charge in [-0.25, -0.2) is 6.57 Å². The molecule has 1 aromatic heterocycles. The quantitative estimate of drug-likeness (QED) is 0.269. The highest BCUT2D eigenvalue weighted by molar-refractivity contribution is 9.10. The van der Waals surface area contributed by atoms with Crippen molar-refractivity contribution >= 4 is 51.0 Å². The molecule has 1 heterocycles. The van der Waals surface area contributed by atoms with Gasteiger partial charge in [0.25, 0.3) is 0 Å². The Morgan fingerprint density at radius 3 is 2.79 bits per heavy atom. The largest absolute Gasteiger partial charge is 0.493 e.